The highest BCUT2D eigenvalue weighted by Crippen LogP contribution is 2.30. The first-order valence-electron chi connectivity index (χ1n) is 4.55. The summed E-state index contributed by atoms with van der Waals surface area (Å²) in [5.74, 6) is 1.47. The van der Waals surface area contributed by atoms with Crippen LogP contribution in [0.1, 0.15) is 35.0 Å². The van der Waals surface area contributed by atoms with Crippen LogP contribution in [0.15, 0.2) is 10.6 Å². The van der Waals surface area contributed by atoms with Gasteiger partial charge in [-0.05, 0) is 18.6 Å². The number of hydrogen-bond donors (Lipinski definition) is 1. The average molecular weight is 213 g/mol. The Morgan fingerprint density at radius 3 is 3.14 bits per heavy atom. The van der Waals surface area contributed by atoms with Crippen molar-refractivity contribution in [1.29, 1.82) is 0 Å². The van der Waals surface area contributed by atoms with Crippen LogP contribution >= 0.6 is 11.8 Å². The Morgan fingerprint density at radius 1 is 1.71 bits per heavy atom. The van der Waals surface area contributed by atoms with Gasteiger partial charge < -0.3 is 9.63 Å². The molecule has 1 atom stereocenters. The van der Waals surface area contributed by atoms with Crippen LogP contribution in [0.25, 0.3) is 0 Å². The molecule has 1 N–H and O–H groups in total. The molecule has 0 aromatic carbocycles. The van der Waals surface area contributed by atoms with Crippen LogP contribution in [0.3, 0.4) is 0 Å². The standard InChI is InChI=1S/C9H11NO3S/c11-9(12)8-4-7(10-13-8)6-2-1-3-14-5-6/h4,6H,1-3,5H2,(H,11,12). The van der Waals surface area contributed by atoms with Crippen molar-refractivity contribution in [2.24, 2.45) is 0 Å². The molecule has 2 rings (SSSR count). The number of aromatic carboxylic acids is 1. The third-order valence-electron chi connectivity index (χ3n) is 2.32. The summed E-state index contributed by atoms with van der Waals surface area (Å²) in [5, 5.41) is 12.4. The van der Waals surface area contributed by atoms with Crippen LogP contribution in [-0.4, -0.2) is 27.7 Å². The number of hydrogen-bond acceptors (Lipinski definition) is 4. The van der Waals surface area contributed by atoms with Gasteiger partial charge in [-0.2, -0.15) is 11.8 Å². The summed E-state index contributed by atoms with van der Waals surface area (Å²) in [7, 11) is 0. The quantitative estimate of drug-likeness (QED) is 0.813. The van der Waals surface area contributed by atoms with Crippen LogP contribution < -0.4 is 0 Å². The summed E-state index contributed by atoms with van der Waals surface area (Å²) in [5.41, 5.74) is 0.787. The Labute approximate surface area is 85.7 Å². The topological polar surface area (TPSA) is 63.3 Å². The maximum absolute atomic E-state index is 10.6. The smallest absolute Gasteiger partial charge is 0.374 e. The molecule has 76 valence electrons. The van der Waals surface area contributed by atoms with Crippen LogP contribution in [0.4, 0.5) is 0 Å². The second-order valence-electron chi connectivity index (χ2n) is 3.34. The Hall–Kier alpha value is -0.970. The summed E-state index contributed by atoms with van der Waals surface area (Å²) in [6.45, 7) is 0. The van der Waals surface area contributed by atoms with Crippen molar-refractivity contribution >= 4 is 17.7 Å². The Bertz CT molecular complexity index is 331. The van der Waals surface area contributed by atoms with Crippen molar-refractivity contribution in [3.63, 3.8) is 0 Å². The van der Waals surface area contributed by atoms with E-state index in [1.807, 2.05) is 11.8 Å². The SMILES string of the molecule is O=C(O)c1cc(C2CCCSC2)no1. The largest absolute Gasteiger partial charge is 0.475 e. The van der Waals surface area contributed by atoms with Gasteiger partial charge in [0.05, 0.1) is 5.69 Å². The minimum absolute atomic E-state index is 0.0597. The van der Waals surface area contributed by atoms with E-state index in [4.69, 9.17) is 9.63 Å². The number of carbonyl (C=O) groups is 1. The number of carboxylic acid groups (broad SMARTS) is 1. The molecule has 0 amide bonds. The van der Waals surface area contributed by atoms with Gasteiger partial charge in [-0.3, -0.25) is 0 Å². The molecule has 0 aliphatic carbocycles. The lowest BCUT2D eigenvalue weighted by Gasteiger charge is -2.18. The molecule has 1 saturated heterocycles. The van der Waals surface area contributed by atoms with Gasteiger partial charge in [0, 0.05) is 17.7 Å². The summed E-state index contributed by atoms with van der Waals surface area (Å²) in [6, 6.07) is 1.54. The molecule has 2 heterocycles. The molecule has 14 heavy (non-hydrogen) atoms. The van der Waals surface area contributed by atoms with Gasteiger partial charge in [0.25, 0.3) is 0 Å². The van der Waals surface area contributed by atoms with Crippen LogP contribution in [0.5, 0.6) is 0 Å². The van der Waals surface area contributed by atoms with E-state index >= 15 is 0 Å². The second-order valence-corrected chi connectivity index (χ2v) is 4.49. The molecule has 5 heteroatoms. The minimum atomic E-state index is -1.05. The maximum atomic E-state index is 10.6. The van der Waals surface area contributed by atoms with Crippen LogP contribution in [0.2, 0.25) is 0 Å². The normalized spacial score (nSPS) is 22.1. The van der Waals surface area contributed by atoms with Gasteiger partial charge in [-0.1, -0.05) is 5.16 Å². The lowest BCUT2D eigenvalue weighted by Crippen LogP contribution is -2.08. The molecule has 1 fully saturated rings. The lowest BCUT2D eigenvalue weighted by molar-refractivity contribution is 0.0652. The highest BCUT2D eigenvalue weighted by molar-refractivity contribution is 7.99. The monoisotopic (exact) mass is 213 g/mol. The van der Waals surface area contributed by atoms with Crippen LogP contribution in [-0.2, 0) is 0 Å². The minimum Gasteiger partial charge on any atom is -0.475 e. The zero-order valence-electron chi connectivity index (χ0n) is 7.60. The summed E-state index contributed by atoms with van der Waals surface area (Å²) in [6.07, 6.45) is 2.25. The molecule has 1 unspecified atom stereocenters. The van der Waals surface area contributed by atoms with Crippen LogP contribution in [0, 0.1) is 0 Å². The number of thioether (sulfide) groups is 1. The highest BCUT2D eigenvalue weighted by atomic mass is 32.2. The molecular formula is C9H11NO3S. The second kappa shape index (κ2) is 4.04. The predicted octanol–water partition coefficient (Wildman–Crippen LogP) is 1.98. The third-order valence-corrected chi connectivity index (χ3v) is 3.53. The molecule has 1 aromatic heterocycles. The first kappa shape index (κ1) is 9.58. The molecule has 0 bridgehead atoms. The van der Waals surface area contributed by atoms with Gasteiger partial charge in [0.1, 0.15) is 0 Å². The Balaban J connectivity index is 2.11. The van der Waals surface area contributed by atoms with E-state index in [-0.39, 0.29) is 5.76 Å². The maximum Gasteiger partial charge on any atom is 0.374 e. The number of rotatable bonds is 2. The fraction of sp³-hybridized carbons (Fsp3) is 0.556. The third kappa shape index (κ3) is 1.92. The summed E-state index contributed by atoms with van der Waals surface area (Å²) in [4.78, 5) is 10.6. The van der Waals surface area contributed by atoms with E-state index in [1.54, 1.807) is 6.07 Å². The van der Waals surface area contributed by atoms with Crippen molar-refractivity contribution in [1.82, 2.24) is 5.16 Å². The van der Waals surface area contributed by atoms with Gasteiger partial charge in [-0.15, -0.1) is 0 Å². The van der Waals surface area contributed by atoms with Gasteiger partial charge in [0.15, 0.2) is 0 Å². The van der Waals surface area contributed by atoms with E-state index in [9.17, 15) is 4.79 Å². The molecule has 0 radical (unpaired) electrons. The zero-order valence-corrected chi connectivity index (χ0v) is 8.42. The molecule has 1 aliphatic heterocycles. The van der Waals surface area contributed by atoms with Crippen molar-refractivity contribution in [2.45, 2.75) is 18.8 Å². The van der Waals surface area contributed by atoms with Crippen molar-refractivity contribution in [3.05, 3.63) is 17.5 Å². The Morgan fingerprint density at radius 2 is 2.57 bits per heavy atom. The van der Waals surface area contributed by atoms with Crippen molar-refractivity contribution in [2.75, 3.05) is 11.5 Å². The average Bonchev–Trinajstić information content (AvgIpc) is 2.68. The summed E-state index contributed by atoms with van der Waals surface area (Å²) < 4.78 is 4.72. The Kier molecular flexibility index (Phi) is 2.77. The van der Waals surface area contributed by atoms with Crippen molar-refractivity contribution < 1.29 is 14.4 Å². The van der Waals surface area contributed by atoms with Gasteiger partial charge in [0.2, 0.25) is 5.76 Å². The molecule has 1 aromatic rings. The fourth-order valence-electron chi connectivity index (χ4n) is 1.56. The van der Waals surface area contributed by atoms with E-state index in [2.05, 4.69) is 5.16 Å². The number of nitrogens with zero attached hydrogens (tertiary/aromatic N) is 1. The molecule has 4 nitrogen and oxygen atoms in total. The number of carboxylic acids is 1. The zero-order chi connectivity index (χ0) is 9.97. The lowest BCUT2D eigenvalue weighted by atomic mass is 10.0. The highest BCUT2D eigenvalue weighted by Gasteiger charge is 2.21. The predicted molar refractivity (Wildman–Crippen MR) is 52.8 cm³/mol. The van der Waals surface area contributed by atoms with E-state index < -0.39 is 5.97 Å². The first-order valence-corrected chi connectivity index (χ1v) is 5.70. The van der Waals surface area contributed by atoms with E-state index in [0.717, 1.165) is 17.9 Å². The van der Waals surface area contributed by atoms with E-state index in [1.165, 1.54) is 12.2 Å². The molecule has 1 aliphatic rings. The molecule has 0 saturated carbocycles. The van der Waals surface area contributed by atoms with Crippen molar-refractivity contribution in [3.8, 4) is 0 Å². The van der Waals surface area contributed by atoms with Gasteiger partial charge in [-0.25, -0.2) is 4.79 Å². The first-order chi connectivity index (χ1) is 6.77. The molecular weight excluding hydrogens is 202 g/mol. The molecule has 0 spiro atoms. The van der Waals surface area contributed by atoms with E-state index in [0.29, 0.717) is 5.92 Å². The van der Waals surface area contributed by atoms with Gasteiger partial charge >= 0.3 is 5.97 Å². The fourth-order valence-corrected chi connectivity index (χ4v) is 2.72. The summed E-state index contributed by atoms with van der Waals surface area (Å²) >= 11 is 1.89. The number of aromatic nitrogens is 1.